The van der Waals surface area contributed by atoms with Gasteiger partial charge < -0.3 is 16.4 Å². The SMILES string of the molecule is Cc1cccc(-c2ccc3c(c2)CCN3Cc2cnc(N)nc2N)c1. The summed E-state index contributed by atoms with van der Waals surface area (Å²) in [7, 11) is 0. The lowest BCUT2D eigenvalue weighted by Gasteiger charge is -2.20. The Morgan fingerprint density at radius 1 is 1.08 bits per heavy atom. The molecule has 126 valence electrons. The fraction of sp³-hybridized carbons (Fsp3) is 0.200. The van der Waals surface area contributed by atoms with Gasteiger partial charge in [-0.3, -0.25) is 0 Å². The van der Waals surface area contributed by atoms with Crippen molar-refractivity contribution in [3.05, 3.63) is 65.4 Å². The standard InChI is InChI=1S/C20H21N5/c1-13-3-2-4-14(9-13)15-5-6-18-16(10-15)7-8-25(18)12-17-11-23-20(22)24-19(17)21/h2-6,9-11H,7-8,12H2,1H3,(H4,21,22,23,24). The number of fused-ring (bicyclic) bond motifs is 1. The van der Waals surface area contributed by atoms with Crippen molar-refractivity contribution in [3.8, 4) is 11.1 Å². The predicted octanol–water partition coefficient (Wildman–Crippen LogP) is 3.18. The second kappa shape index (κ2) is 6.09. The van der Waals surface area contributed by atoms with Gasteiger partial charge in [0.15, 0.2) is 0 Å². The number of nitrogens with two attached hydrogens (primary N) is 2. The Hall–Kier alpha value is -3.08. The second-order valence-corrected chi connectivity index (χ2v) is 6.52. The normalized spacial score (nSPS) is 13.1. The van der Waals surface area contributed by atoms with E-state index in [1.807, 2.05) is 0 Å². The van der Waals surface area contributed by atoms with Gasteiger partial charge in [-0.25, -0.2) is 4.98 Å². The number of anilines is 3. The lowest BCUT2D eigenvalue weighted by atomic mass is 10.0. The van der Waals surface area contributed by atoms with E-state index < -0.39 is 0 Å². The van der Waals surface area contributed by atoms with E-state index in [0.29, 0.717) is 12.4 Å². The molecule has 5 nitrogen and oxygen atoms in total. The smallest absolute Gasteiger partial charge is 0.221 e. The Kier molecular flexibility index (Phi) is 3.76. The minimum atomic E-state index is 0.214. The molecule has 0 atom stereocenters. The first kappa shape index (κ1) is 15.4. The van der Waals surface area contributed by atoms with Crippen LogP contribution in [0.2, 0.25) is 0 Å². The van der Waals surface area contributed by atoms with Gasteiger partial charge in [-0.15, -0.1) is 0 Å². The molecule has 1 aromatic heterocycles. The van der Waals surface area contributed by atoms with E-state index in [0.717, 1.165) is 18.5 Å². The van der Waals surface area contributed by atoms with Gasteiger partial charge in [-0.2, -0.15) is 4.98 Å². The van der Waals surface area contributed by atoms with Gasteiger partial charge >= 0.3 is 0 Å². The summed E-state index contributed by atoms with van der Waals surface area (Å²) in [5.41, 5.74) is 18.9. The first-order valence-electron chi connectivity index (χ1n) is 8.42. The molecule has 0 unspecified atom stereocenters. The molecule has 0 spiro atoms. The summed E-state index contributed by atoms with van der Waals surface area (Å²) < 4.78 is 0. The third-order valence-corrected chi connectivity index (χ3v) is 4.70. The fourth-order valence-corrected chi connectivity index (χ4v) is 3.40. The van der Waals surface area contributed by atoms with Crippen molar-refractivity contribution in [2.45, 2.75) is 19.9 Å². The largest absolute Gasteiger partial charge is 0.383 e. The second-order valence-electron chi connectivity index (χ2n) is 6.52. The van der Waals surface area contributed by atoms with E-state index in [2.05, 4.69) is 64.3 Å². The topological polar surface area (TPSA) is 81.1 Å². The minimum Gasteiger partial charge on any atom is -0.383 e. The highest BCUT2D eigenvalue weighted by molar-refractivity contribution is 5.71. The van der Waals surface area contributed by atoms with Crippen LogP contribution in [0.3, 0.4) is 0 Å². The molecule has 4 rings (SSSR count). The molecule has 0 aliphatic carbocycles. The molecule has 0 bridgehead atoms. The van der Waals surface area contributed by atoms with Crippen LogP contribution in [-0.4, -0.2) is 16.5 Å². The Bertz CT molecular complexity index is 935. The van der Waals surface area contributed by atoms with Crippen LogP contribution in [0.4, 0.5) is 17.5 Å². The molecule has 2 heterocycles. The predicted molar refractivity (Wildman–Crippen MR) is 102 cm³/mol. The first-order valence-corrected chi connectivity index (χ1v) is 8.42. The summed E-state index contributed by atoms with van der Waals surface area (Å²) in [5.74, 6) is 0.670. The van der Waals surface area contributed by atoms with Crippen molar-refractivity contribution >= 4 is 17.5 Å². The van der Waals surface area contributed by atoms with Crippen LogP contribution in [0.25, 0.3) is 11.1 Å². The number of hydrogen-bond donors (Lipinski definition) is 2. The molecule has 0 saturated carbocycles. The molecule has 25 heavy (non-hydrogen) atoms. The van der Waals surface area contributed by atoms with E-state index in [-0.39, 0.29) is 5.95 Å². The van der Waals surface area contributed by atoms with Crippen LogP contribution in [0.5, 0.6) is 0 Å². The highest BCUT2D eigenvalue weighted by atomic mass is 15.2. The number of hydrogen-bond acceptors (Lipinski definition) is 5. The van der Waals surface area contributed by atoms with E-state index in [9.17, 15) is 0 Å². The zero-order valence-electron chi connectivity index (χ0n) is 14.2. The van der Waals surface area contributed by atoms with E-state index in [1.54, 1.807) is 6.20 Å². The molecule has 2 aromatic carbocycles. The van der Waals surface area contributed by atoms with Crippen LogP contribution in [-0.2, 0) is 13.0 Å². The summed E-state index contributed by atoms with van der Waals surface area (Å²) in [6, 6.07) is 15.3. The molecular weight excluding hydrogens is 310 g/mol. The Morgan fingerprint density at radius 2 is 1.92 bits per heavy atom. The first-order chi connectivity index (χ1) is 12.1. The van der Waals surface area contributed by atoms with Crippen molar-refractivity contribution in [2.24, 2.45) is 0 Å². The number of aryl methyl sites for hydroxylation is 1. The zero-order chi connectivity index (χ0) is 17.4. The Morgan fingerprint density at radius 3 is 2.72 bits per heavy atom. The third kappa shape index (κ3) is 3.01. The van der Waals surface area contributed by atoms with Gasteiger partial charge in [0.1, 0.15) is 5.82 Å². The molecule has 5 heteroatoms. The highest BCUT2D eigenvalue weighted by Gasteiger charge is 2.20. The van der Waals surface area contributed by atoms with Crippen molar-refractivity contribution in [2.75, 3.05) is 22.9 Å². The maximum atomic E-state index is 5.98. The lowest BCUT2D eigenvalue weighted by Crippen LogP contribution is -2.21. The number of aromatic nitrogens is 2. The van der Waals surface area contributed by atoms with Gasteiger partial charge in [0.25, 0.3) is 0 Å². The van der Waals surface area contributed by atoms with Crippen LogP contribution in [0.15, 0.2) is 48.7 Å². The lowest BCUT2D eigenvalue weighted by molar-refractivity contribution is 0.830. The number of benzene rings is 2. The summed E-state index contributed by atoms with van der Waals surface area (Å²) >= 11 is 0. The monoisotopic (exact) mass is 331 g/mol. The molecule has 0 radical (unpaired) electrons. The molecule has 0 amide bonds. The molecular formula is C20H21N5. The minimum absolute atomic E-state index is 0.214. The van der Waals surface area contributed by atoms with Crippen LogP contribution >= 0.6 is 0 Å². The van der Waals surface area contributed by atoms with Gasteiger partial charge in [0.2, 0.25) is 5.95 Å². The van der Waals surface area contributed by atoms with Crippen molar-refractivity contribution in [1.29, 1.82) is 0 Å². The maximum absolute atomic E-state index is 5.98. The summed E-state index contributed by atoms with van der Waals surface area (Å²) in [5, 5.41) is 0. The average molecular weight is 331 g/mol. The summed E-state index contributed by atoms with van der Waals surface area (Å²) in [6.07, 6.45) is 2.75. The van der Waals surface area contributed by atoms with Crippen LogP contribution < -0.4 is 16.4 Å². The Labute approximate surface area is 147 Å². The maximum Gasteiger partial charge on any atom is 0.221 e. The molecule has 1 aliphatic heterocycles. The van der Waals surface area contributed by atoms with Crippen LogP contribution in [0.1, 0.15) is 16.7 Å². The molecule has 3 aromatic rings. The van der Waals surface area contributed by atoms with E-state index in [1.165, 1.54) is 27.9 Å². The number of nitrogen functional groups attached to an aromatic ring is 2. The van der Waals surface area contributed by atoms with Gasteiger partial charge in [0, 0.05) is 30.5 Å². The van der Waals surface area contributed by atoms with Crippen LogP contribution in [0, 0.1) is 6.92 Å². The van der Waals surface area contributed by atoms with Crippen molar-refractivity contribution in [1.82, 2.24) is 9.97 Å². The molecule has 1 aliphatic rings. The van der Waals surface area contributed by atoms with E-state index >= 15 is 0 Å². The summed E-state index contributed by atoms with van der Waals surface area (Å²) in [4.78, 5) is 10.4. The molecule has 0 fully saturated rings. The number of nitrogens with zero attached hydrogens (tertiary/aromatic N) is 3. The summed E-state index contributed by atoms with van der Waals surface area (Å²) in [6.45, 7) is 3.79. The molecule has 4 N–H and O–H groups in total. The fourth-order valence-electron chi connectivity index (χ4n) is 3.40. The zero-order valence-corrected chi connectivity index (χ0v) is 14.2. The van der Waals surface area contributed by atoms with Crippen molar-refractivity contribution < 1.29 is 0 Å². The highest BCUT2D eigenvalue weighted by Crippen LogP contribution is 2.33. The average Bonchev–Trinajstić information content (AvgIpc) is 2.99. The van der Waals surface area contributed by atoms with Gasteiger partial charge in [-0.05, 0) is 42.2 Å². The number of rotatable bonds is 3. The van der Waals surface area contributed by atoms with Crippen molar-refractivity contribution in [3.63, 3.8) is 0 Å². The molecule has 0 saturated heterocycles. The Balaban J connectivity index is 1.61. The van der Waals surface area contributed by atoms with E-state index in [4.69, 9.17) is 11.5 Å². The van der Waals surface area contributed by atoms with Gasteiger partial charge in [-0.1, -0.05) is 35.9 Å². The quantitative estimate of drug-likeness (QED) is 0.770. The van der Waals surface area contributed by atoms with Gasteiger partial charge in [0.05, 0.1) is 0 Å². The third-order valence-electron chi connectivity index (χ3n) is 4.70.